The molecule has 0 aromatic rings. The van der Waals surface area contributed by atoms with Crippen molar-refractivity contribution in [2.75, 3.05) is 13.6 Å². The van der Waals surface area contributed by atoms with Crippen LogP contribution in [0.4, 0.5) is 0 Å². The summed E-state index contributed by atoms with van der Waals surface area (Å²) in [7, 11) is 1.86. The van der Waals surface area contributed by atoms with Gasteiger partial charge in [-0.2, -0.15) is 0 Å². The van der Waals surface area contributed by atoms with E-state index in [1.165, 1.54) is 12.8 Å². The molecule has 1 unspecified atom stereocenters. The molecule has 0 saturated carbocycles. The summed E-state index contributed by atoms with van der Waals surface area (Å²) in [5.41, 5.74) is 0. The van der Waals surface area contributed by atoms with Crippen LogP contribution in [-0.4, -0.2) is 25.5 Å². The van der Waals surface area contributed by atoms with Gasteiger partial charge in [0.2, 0.25) is 5.91 Å². The maximum atomic E-state index is 11.4. The van der Waals surface area contributed by atoms with Crippen molar-refractivity contribution in [1.82, 2.24) is 10.6 Å². The first-order chi connectivity index (χ1) is 7.06. The number of halogens is 1. The van der Waals surface area contributed by atoms with E-state index in [-0.39, 0.29) is 18.3 Å². The molecule has 1 amide bonds. The Bertz CT molecular complexity index is 174. The van der Waals surface area contributed by atoms with Crippen LogP contribution in [0, 0.1) is 5.92 Å². The van der Waals surface area contributed by atoms with Gasteiger partial charge in [0, 0.05) is 19.0 Å². The second kappa shape index (κ2) is 11.2. The summed E-state index contributed by atoms with van der Waals surface area (Å²) in [6.07, 6.45) is 4.11. The van der Waals surface area contributed by atoms with E-state index < -0.39 is 0 Å². The van der Waals surface area contributed by atoms with Gasteiger partial charge in [-0.3, -0.25) is 4.79 Å². The fourth-order valence-corrected chi connectivity index (χ4v) is 1.49. The fraction of sp³-hybridized carbons (Fsp3) is 0.917. The second-order valence-corrected chi connectivity index (χ2v) is 4.65. The molecular formula is C12H27ClN2O. The van der Waals surface area contributed by atoms with Crippen molar-refractivity contribution in [2.24, 2.45) is 5.92 Å². The minimum Gasteiger partial charge on any atom is -0.354 e. The third kappa shape index (κ3) is 11.8. The topological polar surface area (TPSA) is 41.1 Å². The van der Waals surface area contributed by atoms with Crippen molar-refractivity contribution >= 4 is 18.3 Å². The Hall–Kier alpha value is -0.280. The quantitative estimate of drug-likeness (QED) is 0.694. The van der Waals surface area contributed by atoms with Crippen LogP contribution in [0.5, 0.6) is 0 Å². The molecule has 0 aliphatic carbocycles. The average Bonchev–Trinajstić information content (AvgIpc) is 2.14. The predicted molar refractivity (Wildman–Crippen MR) is 72.1 cm³/mol. The van der Waals surface area contributed by atoms with Gasteiger partial charge < -0.3 is 10.6 Å². The van der Waals surface area contributed by atoms with Gasteiger partial charge in [0.05, 0.1) is 0 Å². The van der Waals surface area contributed by atoms with Crippen molar-refractivity contribution < 1.29 is 4.79 Å². The third-order valence-corrected chi connectivity index (χ3v) is 2.43. The number of nitrogens with one attached hydrogen (secondary N) is 2. The molecule has 0 fully saturated rings. The lowest BCUT2D eigenvalue weighted by Gasteiger charge is -2.14. The number of hydrogen-bond acceptors (Lipinski definition) is 2. The Morgan fingerprint density at radius 1 is 1.19 bits per heavy atom. The summed E-state index contributed by atoms with van der Waals surface area (Å²) in [6, 6.07) is 0.313. The lowest BCUT2D eigenvalue weighted by Crippen LogP contribution is -2.34. The Kier molecular flexibility index (Phi) is 12.7. The Labute approximate surface area is 106 Å². The van der Waals surface area contributed by atoms with Gasteiger partial charge >= 0.3 is 0 Å². The molecule has 0 saturated heterocycles. The third-order valence-electron chi connectivity index (χ3n) is 2.43. The van der Waals surface area contributed by atoms with Gasteiger partial charge in [0.25, 0.3) is 0 Å². The van der Waals surface area contributed by atoms with Crippen LogP contribution >= 0.6 is 12.4 Å². The number of carbonyl (C=O) groups is 1. The van der Waals surface area contributed by atoms with Gasteiger partial charge in [0.15, 0.2) is 0 Å². The standard InChI is InChI=1S/C12H26N2O.ClH/c1-10(2)6-5-7-11(3)14-12(15)8-9-13-4;/h10-11,13H,5-9H2,1-4H3,(H,14,15);1H. The highest BCUT2D eigenvalue weighted by molar-refractivity contribution is 5.85. The molecule has 0 aromatic carbocycles. The zero-order chi connectivity index (χ0) is 11.7. The number of carbonyl (C=O) groups excluding carboxylic acids is 1. The first-order valence-corrected chi connectivity index (χ1v) is 6.00. The van der Waals surface area contributed by atoms with Crippen molar-refractivity contribution in [3.05, 3.63) is 0 Å². The highest BCUT2D eigenvalue weighted by Gasteiger charge is 2.06. The summed E-state index contributed by atoms with van der Waals surface area (Å²) in [6.45, 7) is 7.30. The molecule has 1 atom stereocenters. The zero-order valence-electron chi connectivity index (χ0n) is 11.0. The summed E-state index contributed by atoms with van der Waals surface area (Å²) >= 11 is 0. The molecule has 0 aliphatic heterocycles. The van der Waals surface area contributed by atoms with Crippen molar-refractivity contribution in [3.8, 4) is 0 Å². The smallest absolute Gasteiger partial charge is 0.221 e. The number of rotatable bonds is 8. The molecule has 0 aromatic heterocycles. The minimum absolute atomic E-state index is 0. The summed E-state index contributed by atoms with van der Waals surface area (Å²) in [4.78, 5) is 11.4. The van der Waals surface area contributed by atoms with E-state index in [2.05, 4.69) is 31.4 Å². The van der Waals surface area contributed by atoms with E-state index in [0.717, 1.165) is 18.9 Å². The lowest BCUT2D eigenvalue weighted by atomic mass is 10.0. The van der Waals surface area contributed by atoms with Crippen molar-refractivity contribution in [3.63, 3.8) is 0 Å². The first-order valence-electron chi connectivity index (χ1n) is 6.00. The molecule has 0 spiro atoms. The van der Waals surface area contributed by atoms with Crippen LogP contribution in [0.3, 0.4) is 0 Å². The second-order valence-electron chi connectivity index (χ2n) is 4.65. The Morgan fingerprint density at radius 3 is 2.31 bits per heavy atom. The number of amides is 1. The number of hydrogen-bond donors (Lipinski definition) is 2. The molecule has 98 valence electrons. The van der Waals surface area contributed by atoms with Crippen LogP contribution < -0.4 is 10.6 Å². The normalized spacial score (nSPS) is 12.1. The monoisotopic (exact) mass is 250 g/mol. The lowest BCUT2D eigenvalue weighted by molar-refractivity contribution is -0.121. The van der Waals surface area contributed by atoms with E-state index in [4.69, 9.17) is 0 Å². The summed E-state index contributed by atoms with van der Waals surface area (Å²) in [5, 5.41) is 5.98. The Balaban J connectivity index is 0. The van der Waals surface area contributed by atoms with E-state index in [1.54, 1.807) is 0 Å². The molecule has 0 rings (SSSR count). The largest absolute Gasteiger partial charge is 0.354 e. The van der Waals surface area contributed by atoms with Crippen LogP contribution in [0.1, 0.15) is 46.5 Å². The summed E-state index contributed by atoms with van der Waals surface area (Å²) < 4.78 is 0. The van der Waals surface area contributed by atoms with Crippen molar-refractivity contribution in [1.29, 1.82) is 0 Å². The molecule has 0 aliphatic rings. The van der Waals surface area contributed by atoms with Crippen LogP contribution in [-0.2, 0) is 4.79 Å². The Morgan fingerprint density at radius 2 is 1.81 bits per heavy atom. The van der Waals surface area contributed by atoms with E-state index in [1.807, 2.05) is 7.05 Å². The molecular weight excluding hydrogens is 224 g/mol. The molecule has 0 heterocycles. The molecule has 4 heteroatoms. The highest BCUT2D eigenvalue weighted by atomic mass is 35.5. The van der Waals surface area contributed by atoms with E-state index in [0.29, 0.717) is 12.5 Å². The van der Waals surface area contributed by atoms with Gasteiger partial charge in [0.1, 0.15) is 0 Å². The van der Waals surface area contributed by atoms with Gasteiger partial charge in [-0.1, -0.05) is 26.7 Å². The fourth-order valence-electron chi connectivity index (χ4n) is 1.49. The van der Waals surface area contributed by atoms with E-state index in [9.17, 15) is 4.79 Å². The maximum Gasteiger partial charge on any atom is 0.221 e. The summed E-state index contributed by atoms with van der Waals surface area (Å²) in [5.74, 6) is 0.915. The molecule has 2 N–H and O–H groups in total. The molecule has 0 radical (unpaired) electrons. The van der Waals surface area contributed by atoms with Gasteiger partial charge in [-0.05, 0) is 26.3 Å². The maximum absolute atomic E-state index is 11.4. The molecule has 3 nitrogen and oxygen atoms in total. The predicted octanol–water partition coefficient (Wildman–Crippen LogP) is 2.35. The van der Waals surface area contributed by atoms with Gasteiger partial charge in [-0.25, -0.2) is 0 Å². The van der Waals surface area contributed by atoms with E-state index >= 15 is 0 Å². The first kappa shape index (κ1) is 18.1. The van der Waals surface area contributed by atoms with Gasteiger partial charge in [-0.15, -0.1) is 12.4 Å². The van der Waals surface area contributed by atoms with Crippen molar-refractivity contribution in [2.45, 2.75) is 52.5 Å². The SMILES string of the molecule is CNCCC(=O)NC(C)CCCC(C)C.Cl. The average molecular weight is 251 g/mol. The molecule has 16 heavy (non-hydrogen) atoms. The molecule has 0 bridgehead atoms. The van der Waals surface area contributed by atoms with Crippen LogP contribution in [0.25, 0.3) is 0 Å². The van der Waals surface area contributed by atoms with Crippen LogP contribution in [0.15, 0.2) is 0 Å². The zero-order valence-corrected chi connectivity index (χ0v) is 11.8. The highest BCUT2D eigenvalue weighted by Crippen LogP contribution is 2.08. The van der Waals surface area contributed by atoms with Crippen LogP contribution in [0.2, 0.25) is 0 Å². The minimum atomic E-state index is 0.